The number of ether oxygens (including phenoxy) is 2. The first kappa shape index (κ1) is 21.7. The van der Waals surface area contributed by atoms with Crippen LogP contribution < -0.4 is 10.6 Å². The van der Waals surface area contributed by atoms with E-state index in [1.807, 2.05) is 0 Å². The first-order chi connectivity index (χ1) is 13.2. The molecule has 0 amide bonds. The van der Waals surface area contributed by atoms with Gasteiger partial charge in [-0.15, -0.1) is 0 Å². The van der Waals surface area contributed by atoms with Gasteiger partial charge in [0.2, 0.25) is 0 Å². The Labute approximate surface area is 164 Å². The van der Waals surface area contributed by atoms with Gasteiger partial charge in [0.25, 0.3) is 0 Å². The van der Waals surface area contributed by atoms with Crippen molar-refractivity contribution in [1.29, 1.82) is 0 Å². The predicted octanol–water partition coefficient (Wildman–Crippen LogP) is 2.25. The van der Waals surface area contributed by atoms with Crippen LogP contribution in [0.25, 0.3) is 0 Å². The number of guanidine groups is 1. The van der Waals surface area contributed by atoms with E-state index >= 15 is 0 Å². The summed E-state index contributed by atoms with van der Waals surface area (Å²) in [5.74, 6) is 1.42. The van der Waals surface area contributed by atoms with Gasteiger partial charge < -0.3 is 20.1 Å². The molecule has 0 bridgehead atoms. The van der Waals surface area contributed by atoms with Crippen LogP contribution in [0.1, 0.15) is 31.4 Å². The van der Waals surface area contributed by atoms with Crippen LogP contribution >= 0.6 is 0 Å². The maximum atomic E-state index is 5.60. The molecular weight excluding hydrogens is 340 g/mol. The number of hydrogen-bond acceptors (Lipinski definition) is 4. The molecule has 1 aliphatic rings. The third-order valence-corrected chi connectivity index (χ3v) is 4.39. The van der Waals surface area contributed by atoms with Gasteiger partial charge in [0.05, 0.1) is 13.2 Å². The van der Waals surface area contributed by atoms with Crippen LogP contribution in [0.3, 0.4) is 0 Å². The Balaban J connectivity index is 1.68. The molecule has 0 spiro atoms. The second kappa shape index (κ2) is 12.7. The standard InChI is InChI=1S/C21H36N4O2/c1-18(2)17-27-11-5-8-23-21(22-3)24-15-19-6-4-7-20(14-19)16-25-9-12-26-13-10-25/h4,6-7,14,18H,5,8-13,15-17H2,1-3H3,(H2,22,23,24). The highest BCUT2D eigenvalue weighted by Crippen LogP contribution is 2.10. The summed E-state index contributed by atoms with van der Waals surface area (Å²) in [6.45, 7) is 12.3. The fourth-order valence-corrected chi connectivity index (χ4v) is 2.96. The highest BCUT2D eigenvalue weighted by molar-refractivity contribution is 5.79. The van der Waals surface area contributed by atoms with Crippen LogP contribution in [0.2, 0.25) is 0 Å². The van der Waals surface area contributed by atoms with E-state index in [-0.39, 0.29) is 0 Å². The van der Waals surface area contributed by atoms with E-state index in [9.17, 15) is 0 Å². The van der Waals surface area contributed by atoms with Gasteiger partial charge in [0, 0.05) is 53.0 Å². The van der Waals surface area contributed by atoms with Gasteiger partial charge in [-0.25, -0.2) is 0 Å². The Bertz CT molecular complexity index is 557. The molecule has 6 heteroatoms. The molecule has 1 aliphatic heterocycles. The van der Waals surface area contributed by atoms with Gasteiger partial charge in [-0.1, -0.05) is 38.1 Å². The summed E-state index contributed by atoms with van der Waals surface area (Å²) in [5, 5.41) is 6.74. The Morgan fingerprint density at radius 1 is 1.22 bits per heavy atom. The molecule has 1 heterocycles. The van der Waals surface area contributed by atoms with Crippen LogP contribution in [0, 0.1) is 5.92 Å². The van der Waals surface area contributed by atoms with Crippen molar-refractivity contribution in [2.45, 2.75) is 33.4 Å². The maximum Gasteiger partial charge on any atom is 0.191 e. The molecule has 0 radical (unpaired) electrons. The summed E-state index contributed by atoms with van der Waals surface area (Å²) in [7, 11) is 1.81. The second-order valence-electron chi connectivity index (χ2n) is 7.38. The summed E-state index contributed by atoms with van der Waals surface area (Å²) in [5.41, 5.74) is 2.62. The Morgan fingerprint density at radius 2 is 2.00 bits per heavy atom. The van der Waals surface area contributed by atoms with Gasteiger partial charge in [-0.3, -0.25) is 9.89 Å². The quantitative estimate of drug-likeness (QED) is 0.373. The van der Waals surface area contributed by atoms with E-state index in [1.165, 1.54) is 11.1 Å². The van der Waals surface area contributed by atoms with Crippen molar-refractivity contribution in [3.63, 3.8) is 0 Å². The van der Waals surface area contributed by atoms with Crippen molar-refractivity contribution in [2.75, 3.05) is 53.1 Å². The molecule has 1 saturated heterocycles. The average molecular weight is 377 g/mol. The number of hydrogen-bond donors (Lipinski definition) is 2. The largest absolute Gasteiger partial charge is 0.381 e. The topological polar surface area (TPSA) is 58.1 Å². The van der Waals surface area contributed by atoms with E-state index < -0.39 is 0 Å². The zero-order chi connectivity index (χ0) is 19.3. The van der Waals surface area contributed by atoms with E-state index in [0.29, 0.717) is 5.92 Å². The van der Waals surface area contributed by atoms with Crippen molar-refractivity contribution in [3.8, 4) is 0 Å². The normalized spacial score (nSPS) is 15.9. The number of morpholine rings is 1. The van der Waals surface area contributed by atoms with Gasteiger partial charge in [-0.05, 0) is 23.5 Å². The minimum absolute atomic E-state index is 0.589. The summed E-state index contributed by atoms with van der Waals surface area (Å²) < 4.78 is 11.0. The number of nitrogens with zero attached hydrogens (tertiary/aromatic N) is 2. The highest BCUT2D eigenvalue weighted by Gasteiger charge is 2.10. The molecule has 0 atom stereocenters. The number of rotatable bonds is 10. The smallest absolute Gasteiger partial charge is 0.191 e. The van der Waals surface area contributed by atoms with Crippen LogP contribution in [0.4, 0.5) is 0 Å². The summed E-state index contributed by atoms with van der Waals surface area (Å²) in [6, 6.07) is 8.76. The molecule has 2 N–H and O–H groups in total. The van der Waals surface area contributed by atoms with Gasteiger partial charge >= 0.3 is 0 Å². The molecule has 1 aromatic rings. The van der Waals surface area contributed by atoms with E-state index in [4.69, 9.17) is 9.47 Å². The lowest BCUT2D eigenvalue weighted by atomic mass is 10.1. The molecular formula is C21H36N4O2. The monoisotopic (exact) mass is 376 g/mol. The molecule has 6 nitrogen and oxygen atoms in total. The molecule has 0 unspecified atom stereocenters. The van der Waals surface area contributed by atoms with Gasteiger partial charge in [-0.2, -0.15) is 0 Å². The Hall–Kier alpha value is -1.63. The predicted molar refractivity (Wildman–Crippen MR) is 111 cm³/mol. The summed E-state index contributed by atoms with van der Waals surface area (Å²) >= 11 is 0. The third-order valence-electron chi connectivity index (χ3n) is 4.39. The van der Waals surface area contributed by atoms with Crippen molar-refractivity contribution >= 4 is 5.96 Å². The Kier molecular flexibility index (Phi) is 10.2. The summed E-state index contributed by atoms with van der Waals surface area (Å²) in [6.07, 6.45) is 0.975. The zero-order valence-corrected chi connectivity index (χ0v) is 17.2. The fourth-order valence-electron chi connectivity index (χ4n) is 2.96. The zero-order valence-electron chi connectivity index (χ0n) is 17.2. The fraction of sp³-hybridized carbons (Fsp3) is 0.667. The van der Waals surface area contributed by atoms with Crippen LogP contribution in [0.15, 0.2) is 29.3 Å². The number of benzene rings is 1. The van der Waals surface area contributed by atoms with Crippen molar-refractivity contribution in [2.24, 2.45) is 10.9 Å². The minimum atomic E-state index is 0.589. The van der Waals surface area contributed by atoms with E-state index in [0.717, 1.165) is 71.5 Å². The van der Waals surface area contributed by atoms with Crippen molar-refractivity contribution in [3.05, 3.63) is 35.4 Å². The third kappa shape index (κ3) is 9.22. The molecule has 2 rings (SSSR count). The van der Waals surface area contributed by atoms with Crippen LogP contribution in [-0.4, -0.2) is 64.0 Å². The van der Waals surface area contributed by atoms with Crippen LogP contribution in [-0.2, 0) is 22.6 Å². The molecule has 0 saturated carbocycles. The lowest BCUT2D eigenvalue weighted by molar-refractivity contribution is 0.0342. The number of aliphatic imine (C=N–C) groups is 1. The number of nitrogens with one attached hydrogen (secondary N) is 2. The second-order valence-corrected chi connectivity index (χ2v) is 7.38. The minimum Gasteiger partial charge on any atom is -0.381 e. The van der Waals surface area contributed by atoms with Crippen LogP contribution in [0.5, 0.6) is 0 Å². The maximum absolute atomic E-state index is 5.60. The molecule has 152 valence electrons. The van der Waals surface area contributed by atoms with E-state index in [1.54, 1.807) is 7.05 Å². The highest BCUT2D eigenvalue weighted by atomic mass is 16.5. The molecule has 0 aromatic heterocycles. The first-order valence-corrected chi connectivity index (χ1v) is 10.1. The molecule has 1 aromatic carbocycles. The molecule has 27 heavy (non-hydrogen) atoms. The SMILES string of the molecule is CN=C(NCCCOCC(C)C)NCc1cccc(CN2CCOCC2)c1. The average Bonchev–Trinajstić information content (AvgIpc) is 2.68. The van der Waals surface area contributed by atoms with Gasteiger partial charge in [0.1, 0.15) is 0 Å². The van der Waals surface area contributed by atoms with E-state index in [2.05, 4.69) is 58.6 Å². The Morgan fingerprint density at radius 3 is 2.74 bits per heavy atom. The lowest BCUT2D eigenvalue weighted by Gasteiger charge is -2.26. The molecule has 1 fully saturated rings. The lowest BCUT2D eigenvalue weighted by Crippen LogP contribution is -2.37. The first-order valence-electron chi connectivity index (χ1n) is 10.1. The van der Waals surface area contributed by atoms with Gasteiger partial charge in [0.15, 0.2) is 5.96 Å². The summed E-state index contributed by atoms with van der Waals surface area (Å²) in [4.78, 5) is 6.74. The van der Waals surface area contributed by atoms with Crippen molar-refractivity contribution < 1.29 is 9.47 Å². The molecule has 0 aliphatic carbocycles. The van der Waals surface area contributed by atoms with Crippen molar-refractivity contribution in [1.82, 2.24) is 15.5 Å².